The van der Waals surface area contributed by atoms with Crippen LogP contribution in [-0.4, -0.2) is 70.7 Å². The molecule has 0 saturated carbocycles. The van der Waals surface area contributed by atoms with Crippen LogP contribution in [0.25, 0.3) is 0 Å². The first kappa shape index (κ1) is 25.6. The summed E-state index contributed by atoms with van der Waals surface area (Å²) in [5.41, 5.74) is 0.739. The molecule has 1 aliphatic heterocycles. The number of carbonyl (C=O) groups excluding carboxylic acids is 2. The molecule has 0 bridgehead atoms. The lowest BCUT2D eigenvalue weighted by atomic mass is 10.1. The van der Waals surface area contributed by atoms with E-state index in [0.717, 1.165) is 25.7 Å². The van der Waals surface area contributed by atoms with E-state index in [-0.39, 0.29) is 40.7 Å². The van der Waals surface area contributed by atoms with Crippen molar-refractivity contribution >= 4 is 23.6 Å². The monoisotopic (exact) mass is 506 g/mol. The van der Waals surface area contributed by atoms with Gasteiger partial charge in [0.2, 0.25) is 11.8 Å². The van der Waals surface area contributed by atoms with Crippen molar-refractivity contribution in [3.05, 3.63) is 71.4 Å². The summed E-state index contributed by atoms with van der Waals surface area (Å²) in [4.78, 5) is 46.4. The minimum absolute atomic E-state index is 0.00185. The highest BCUT2D eigenvalue weighted by Gasteiger charge is 2.21. The van der Waals surface area contributed by atoms with Crippen LogP contribution in [0.4, 0.5) is 5.82 Å². The van der Waals surface area contributed by atoms with Crippen LogP contribution in [0.3, 0.4) is 0 Å². The van der Waals surface area contributed by atoms with Crippen molar-refractivity contribution in [1.29, 1.82) is 0 Å². The third kappa shape index (κ3) is 6.58. The standard InChI is InChI=1S/C26H26N4O7/c1-16(15-35-2)36-22-12-19(24(31)28-21-9-6-18(14-27-21)26(33)34)13-23(29-22)37-20-7-4-17(5-8-20)25(32)30-10-3-11-30/h4-9,12-14,16H,3,10-11,15H2,1-2H3,(H,33,34)(H,27,28,31)/t16-/m1/s1. The molecular weight excluding hydrogens is 480 g/mol. The van der Waals surface area contributed by atoms with Crippen LogP contribution in [0.5, 0.6) is 17.5 Å². The number of hydrogen-bond acceptors (Lipinski definition) is 8. The second-order valence-corrected chi connectivity index (χ2v) is 8.38. The summed E-state index contributed by atoms with van der Waals surface area (Å²) in [6, 6.07) is 12.3. The Balaban J connectivity index is 1.53. The van der Waals surface area contributed by atoms with Gasteiger partial charge in [0.05, 0.1) is 17.7 Å². The third-order valence-electron chi connectivity index (χ3n) is 5.48. The Kier molecular flexibility index (Phi) is 7.94. The molecule has 11 nitrogen and oxygen atoms in total. The number of aromatic nitrogens is 2. The van der Waals surface area contributed by atoms with E-state index in [9.17, 15) is 14.4 Å². The summed E-state index contributed by atoms with van der Waals surface area (Å²) in [5, 5.41) is 11.6. The van der Waals surface area contributed by atoms with Crippen LogP contribution >= 0.6 is 0 Å². The van der Waals surface area contributed by atoms with Crippen LogP contribution < -0.4 is 14.8 Å². The van der Waals surface area contributed by atoms with Gasteiger partial charge >= 0.3 is 5.97 Å². The number of hydrogen-bond donors (Lipinski definition) is 2. The number of amides is 2. The van der Waals surface area contributed by atoms with Crippen molar-refractivity contribution in [1.82, 2.24) is 14.9 Å². The zero-order valence-corrected chi connectivity index (χ0v) is 20.3. The molecule has 1 atom stereocenters. The van der Waals surface area contributed by atoms with E-state index < -0.39 is 11.9 Å². The number of carboxylic acids is 1. The second-order valence-electron chi connectivity index (χ2n) is 8.38. The zero-order valence-electron chi connectivity index (χ0n) is 20.3. The van der Waals surface area contributed by atoms with Crippen LogP contribution in [0.2, 0.25) is 0 Å². The van der Waals surface area contributed by atoms with Gasteiger partial charge in [-0.3, -0.25) is 9.59 Å². The molecule has 3 heterocycles. The molecule has 1 saturated heterocycles. The summed E-state index contributed by atoms with van der Waals surface area (Å²) in [6.45, 7) is 3.62. The lowest BCUT2D eigenvalue weighted by molar-refractivity contribution is 0.0650. The van der Waals surface area contributed by atoms with Gasteiger partial charge in [-0.25, -0.2) is 9.78 Å². The molecule has 1 fully saturated rings. The van der Waals surface area contributed by atoms with Gasteiger partial charge in [-0.15, -0.1) is 0 Å². The first-order valence-electron chi connectivity index (χ1n) is 11.6. The number of carboxylic acid groups (broad SMARTS) is 1. The van der Waals surface area contributed by atoms with E-state index in [1.165, 1.54) is 24.3 Å². The molecule has 11 heteroatoms. The Hall–Kier alpha value is -4.51. The summed E-state index contributed by atoms with van der Waals surface area (Å²) in [5.74, 6) is -0.829. The van der Waals surface area contributed by atoms with Gasteiger partial charge in [0.15, 0.2) is 0 Å². The molecule has 1 aliphatic rings. The summed E-state index contributed by atoms with van der Waals surface area (Å²) in [7, 11) is 1.55. The summed E-state index contributed by atoms with van der Waals surface area (Å²) >= 11 is 0. The maximum absolute atomic E-state index is 12.9. The van der Waals surface area contributed by atoms with Crippen LogP contribution in [0.15, 0.2) is 54.7 Å². The number of ether oxygens (including phenoxy) is 3. The molecule has 0 unspecified atom stereocenters. The number of rotatable bonds is 10. The Bertz CT molecular complexity index is 1280. The van der Waals surface area contributed by atoms with E-state index in [2.05, 4.69) is 15.3 Å². The van der Waals surface area contributed by atoms with Crippen LogP contribution in [-0.2, 0) is 4.74 Å². The zero-order chi connectivity index (χ0) is 26.4. The molecule has 0 radical (unpaired) electrons. The molecule has 2 N–H and O–H groups in total. The van der Waals surface area contributed by atoms with Crippen molar-refractivity contribution in [2.45, 2.75) is 19.4 Å². The maximum atomic E-state index is 12.9. The lowest BCUT2D eigenvalue weighted by Gasteiger charge is -2.30. The van der Waals surface area contributed by atoms with Crippen LogP contribution in [0, 0.1) is 0 Å². The predicted octanol–water partition coefficient (Wildman–Crippen LogP) is 3.48. The van der Waals surface area contributed by atoms with Gasteiger partial charge in [-0.05, 0) is 49.7 Å². The highest BCUT2D eigenvalue weighted by Crippen LogP contribution is 2.26. The number of aromatic carboxylic acids is 1. The number of likely N-dealkylation sites (tertiary alicyclic amines) is 1. The van der Waals surface area contributed by atoms with Crippen molar-refractivity contribution in [2.75, 3.05) is 32.1 Å². The SMILES string of the molecule is COC[C@@H](C)Oc1cc(C(=O)Nc2ccc(C(=O)O)cn2)cc(Oc2ccc(C(=O)N3CCC3)cc2)n1. The van der Waals surface area contributed by atoms with E-state index >= 15 is 0 Å². The van der Waals surface area contributed by atoms with E-state index in [1.54, 1.807) is 43.2 Å². The van der Waals surface area contributed by atoms with E-state index in [1.807, 2.05) is 0 Å². The fourth-order valence-electron chi connectivity index (χ4n) is 3.47. The summed E-state index contributed by atoms with van der Waals surface area (Å²) in [6.07, 6.45) is 1.82. The van der Waals surface area contributed by atoms with Crippen molar-refractivity contribution in [2.24, 2.45) is 0 Å². The summed E-state index contributed by atoms with van der Waals surface area (Å²) < 4.78 is 16.8. The predicted molar refractivity (Wildman–Crippen MR) is 132 cm³/mol. The van der Waals surface area contributed by atoms with Gasteiger partial charge in [0.25, 0.3) is 11.8 Å². The molecule has 3 aromatic rings. The van der Waals surface area contributed by atoms with Gasteiger partial charge in [0.1, 0.15) is 17.7 Å². The number of carbonyl (C=O) groups is 3. The van der Waals surface area contributed by atoms with Gasteiger partial charge in [-0.2, -0.15) is 4.98 Å². The highest BCUT2D eigenvalue weighted by atomic mass is 16.5. The normalized spacial score (nSPS) is 13.3. The van der Waals surface area contributed by atoms with Gasteiger partial charge < -0.3 is 29.5 Å². The second kappa shape index (κ2) is 11.5. The van der Waals surface area contributed by atoms with Crippen molar-refractivity contribution < 1.29 is 33.7 Å². The smallest absolute Gasteiger partial charge is 0.337 e. The Morgan fingerprint density at radius 2 is 1.73 bits per heavy atom. The largest absolute Gasteiger partial charge is 0.478 e. The van der Waals surface area contributed by atoms with Gasteiger partial charge in [-0.1, -0.05) is 0 Å². The van der Waals surface area contributed by atoms with Gasteiger partial charge in [0, 0.05) is 44.1 Å². The number of benzene rings is 1. The topological polar surface area (TPSA) is 140 Å². The Morgan fingerprint density at radius 3 is 2.32 bits per heavy atom. The number of methoxy groups -OCH3 is 1. The fraction of sp³-hybridized carbons (Fsp3) is 0.269. The third-order valence-corrected chi connectivity index (χ3v) is 5.48. The Morgan fingerprint density at radius 1 is 1.03 bits per heavy atom. The molecule has 1 aromatic carbocycles. The lowest BCUT2D eigenvalue weighted by Crippen LogP contribution is -2.41. The van der Waals surface area contributed by atoms with E-state index in [4.69, 9.17) is 19.3 Å². The quantitative estimate of drug-likeness (QED) is 0.423. The first-order valence-corrected chi connectivity index (χ1v) is 11.6. The molecule has 0 aliphatic carbocycles. The molecule has 2 amide bonds. The molecule has 37 heavy (non-hydrogen) atoms. The Labute approximate surface area is 213 Å². The average molecular weight is 507 g/mol. The van der Waals surface area contributed by atoms with E-state index in [0.29, 0.717) is 17.9 Å². The minimum atomic E-state index is -1.12. The molecular formula is C26H26N4O7. The van der Waals surface area contributed by atoms with Crippen molar-refractivity contribution in [3.63, 3.8) is 0 Å². The average Bonchev–Trinajstić information content (AvgIpc) is 2.83. The first-order chi connectivity index (χ1) is 17.8. The van der Waals surface area contributed by atoms with Crippen molar-refractivity contribution in [3.8, 4) is 17.5 Å². The number of anilines is 1. The molecule has 4 rings (SSSR count). The number of nitrogens with zero attached hydrogens (tertiary/aromatic N) is 3. The molecule has 2 aromatic heterocycles. The fourth-order valence-corrected chi connectivity index (χ4v) is 3.47. The number of nitrogens with one attached hydrogen (secondary N) is 1. The minimum Gasteiger partial charge on any atom is -0.478 e. The maximum Gasteiger partial charge on any atom is 0.337 e. The highest BCUT2D eigenvalue weighted by molar-refractivity contribution is 6.04. The van der Waals surface area contributed by atoms with Crippen LogP contribution in [0.1, 0.15) is 44.4 Å². The molecule has 192 valence electrons. The number of pyridine rings is 2. The molecule has 0 spiro atoms.